The van der Waals surface area contributed by atoms with E-state index in [-0.39, 0.29) is 25.6 Å². The molecule has 10 heteroatoms. The van der Waals surface area contributed by atoms with Crippen LogP contribution in [0.5, 0.6) is 0 Å². The van der Waals surface area contributed by atoms with Gasteiger partial charge in [0.15, 0.2) is 0 Å². The Labute approximate surface area is 195 Å². The molecule has 0 spiro atoms. The number of benzene rings is 2. The van der Waals surface area contributed by atoms with Gasteiger partial charge in [-0.05, 0) is 36.1 Å². The third kappa shape index (κ3) is 4.90. The number of carbonyl (C=O) groups excluding carboxylic acids is 2. The molecular formula is C24H25N5O5. The SMILES string of the molecule is CC(C)(NC(=O)OCC1c2ccccc2-c2ccccc21)C(=O)NCc1cn(CC(=O)O)nn1. The fraction of sp³-hybridized carbons (Fsp3) is 0.292. The average Bonchev–Trinajstić information content (AvgIpc) is 3.37. The third-order valence-electron chi connectivity index (χ3n) is 5.64. The molecule has 1 aromatic heterocycles. The predicted molar refractivity (Wildman–Crippen MR) is 122 cm³/mol. The summed E-state index contributed by atoms with van der Waals surface area (Å²) in [6.07, 6.45) is 0.731. The quantitative estimate of drug-likeness (QED) is 0.466. The Morgan fingerprint density at radius 3 is 2.29 bits per heavy atom. The maximum atomic E-state index is 12.6. The van der Waals surface area contributed by atoms with E-state index in [1.165, 1.54) is 6.20 Å². The summed E-state index contributed by atoms with van der Waals surface area (Å²) in [4.78, 5) is 35.9. The van der Waals surface area contributed by atoms with Crippen LogP contribution in [0.1, 0.15) is 36.6 Å². The number of hydrogen-bond donors (Lipinski definition) is 3. The summed E-state index contributed by atoms with van der Waals surface area (Å²) in [7, 11) is 0. The molecule has 0 unspecified atom stereocenters. The summed E-state index contributed by atoms with van der Waals surface area (Å²) >= 11 is 0. The van der Waals surface area contributed by atoms with Crippen molar-refractivity contribution in [1.29, 1.82) is 0 Å². The van der Waals surface area contributed by atoms with Crippen molar-refractivity contribution in [2.75, 3.05) is 6.61 Å². The molecule has 10 nitrogen and oxygen atoms in total. The first kappa shape index (κ1) is 23.0. The minimum absolute atomic E-state index is 0.0360. The van der Waals surface area contributed by atoms with Crippen LogP contribution in [0.15, 0.2) is 54.7 Å². The minimum Gasteiger partial charge on any atom is -0.480 e. The van der Waals surface area contributed by atoms with Crippen LogP contribution in [0.4, 0.5) is 4.79 Å². The Kier molecular flexibility index (Phi) is 6.31. The monoisotopic (exact) mass is 463 g/mol. The molecule has 2 aromatic carbocycles. The molecule has 1 aliphatic rings. The van der Waals surface area contributed by atoms with Crippen molar-refractivity contribution in [3.05, 3.63) is 71.5 Å². The first-order valence-electron chi connectivity index (χ1n) is 10.8. The molecule has 1 heterocycles. The fourth-order valence-electron chi connectivity index (χ4n) is 3.97. The van der Waals surface area contributed by atoms with E-state index in [0.717, 1.165) is 26.9 Å². The summed E-state index contributed by atoms with van der Waals surface area (Å²) in [5, 5.41) is 21.6. The second-order valence-corrected chi connectivity index (χ2v) is 8.56. The number of amides is 2. The van der Waals surface area contributed by atoms with E-state index in [1.807, 2.05) is 36.4 Å². The van der Waals surface area contributed by atoms with E-state index < -0.39 is 23.5 Å². The molecule has 3 N–H and O–H groups in total. The van der Waals surface area contributed by atoms with Crippen LogP contribution in [0, 0.1) is 0 Å². The number of carbonyl (C=O) groups is 3. The van der Waals surface area contributed by atoms with E-state index in [4.69, 9.17) is 9.84 Å². The number of alkyl carbamates (subject to hydrolysis) is 1. The summed E-state index contributed by atoms with van der Waals surface area (Å²) in [5.41, 5.74) is 3.61. The first-order valence-corrected chi connectivity index (χ1v) is 10.8. The topological polar surface area (TPSA) is 135 Å². The molecule has 2 amide bonds. The van der Waals surface area contributed by atoms with Gasteiger partial charge in [-0.3, -0.25) is 9.59 Å². The molecule has 0 saturated carbocycles. The van der Waals surface area contributed by atoms with Gasteiger partial charge in [-0.25, -0.2) is 9.48 Å². The van der Waals surface area contributed by atoms with Gasteiger partial charge >= 0.3 is 12.1 Å². The molecule has 176 valence electrons. The van der Waals surface area contributed by atoms with Crippen molar-refractivity contribution in [2.24, 2.45) is 0 Å². The lowest BCUT2D eigenvalue weighted by molar-refractivity contribution is -0.138. The van der Waals surface area contributed by atoms with E-state index in [1.54, 1.807) is 13.8 Å². The molecule has 34 heavy (non-hydrogen) atoms. The number of aliphatic carboxylic acids is 1. The number of carboxylic acids is 1. The van der Waals surface area contributed by atoms with Gasteiger partial charge in [-0.2, -0.15) is 0 Å². The predicted octanol–water partition coefficient (Wildman–Crippen LogP) is 2.30. The highest BCUT2D eigenvalue weighted by molar-refractivity contribution is 5.89. The van der Waals surface area contributed by atoms with Crippen molar-refractivity contribution in [1.82, 2.24) is 25.6 Å². The number of nitrogens with one attached hydrogen (secondary N) is 2. The third-order valence-corrected chi connectivity index (χ3v) is 5.64. The highest BCUT2D eigenvalue weighted by Crippen LogP contribution is 2.44. The second kappa shape index (κ2) is 9.34. The number of fused-ring (bicyclic) bond motifs is 3. The molecule has 3 aromatic rings. The number of nitrogens with zero attached hydrogens (tertiary/aromatic N) is 3. The number of hydrogen-bond acceptors (Lipinski definition) is 6. The van der Waals surface area contributed by atoms with Gasteiger partial charge < -0.3 is 20.5 Å². The van der Waals surface area contributed by atoms with Crippen LogP contribution in [0.25, 0.3) is 11.1 Å². The van der Waals surface area contributed by atoms with Crippen LogP contribution in [0.2, 0.25) is 0 Å². The molecule has 0 radical (unpaired) electrons. The van der Waals surface area contributed by atoms with E-state index in [2.05, 4.69) is 33.1 Å². The standard InChI is InChI=1S/C24H25N5O5/c1-24(2,22(32)25-11-15-12-29(28-27-15)13-21(30)31)26-23(33)34-14-20-18-9-5-3-7-16(18)17-8-4-6-10-19(17)20/h3-10,12,20H,11,13-14H2,1-2H3,(H,25,32)(H,26,33)(H,30,31). The zero-order valence-corrected chi connectivity index (χ0v) is 18.8. The zero-order chi connectivity index (χ0) is 24.3. The molecule has 1 aliphatic carbocycles. The van der Waals surface area contributed by atoms with Crippen LogP contribution in [0.3, 0.4) is 0 Å². The number of aromatic nitrogens is 3. The highest BCUT2D eigenvalue weighted by atomic mass is 16.5. The Bertz CT molecular complexity index is 1190. The van der Waals surface area contributed by atoms with Crippen molar-refractivity contribution >= 4 is 18.0 Å². The number of carboxylic acid groups (broad SMARTS) is 1. The maximum Gasteiger partial charge on any atom is 0.408 e. The normalized spacial score (nSPS) is 12.5. The lowest BCUT2D eigenvalue weighted by Gasteiger charge is -2.25. The van der Waals surface area contributed by atoms with Crippen LogP contribution in [-0.4, -0.2) is 50.2 Å². The molecule has 0 aliphatic heterocycles. The molecule has 0 fully saturated rings. The highest BCUT2D eigenvalue weighted by Gasteiger charge is 2.32. The minimum atomic E-state index is -1.25. The Hall–Kier alpha value is -4.21. The summed E-state index contributed by atoms with van der Waals surface area (Å²) in [6.45, 7) is 2.98. The average molecular weight is 463 g/mol. The Morgan fingerprint density at radius 2 is 1.68 bits per heavy atom. The van der Waals surface area contributed by atoms with Gasteiger partial charge in [0.25, 0.3) is 0 Å². The largest absolute Gasteiger partial charge is 0.480 e. The van der Waals surface area contributed by atoms with Gasteiger partial charge in [-0.1, -0.05) is 53.7 Å². The van der Waals surface area contributed by atoms with Gasteiger partial charge in [0.2, 0.25) is 5.91 Å². The van der Waals surface area contributed by atoms with Gasteiger partial charge in [-0.15, -0.1) is 5.10 Å². The van der Waals surface area contributed by atoms with Crippen molar-refractivity contribution in [3.8, 4) is 11.1 Å². The molecule has 0 atom stereocenters. The molecule has 4 rings (SSSR count). The lowest BCUT2D eigenvalue weighted by atomic mass is 9.98. The van der Waals surface area contributed by atoms with E-state index in [9.17, 15) is 14.4 Å². The van der Waals surface area contributed by atoms with Gasteiger partial charge in [0.1, 0.15) is 24.4 Å². The van der Waals surface area contributed by atoms with Crippen LogP contribution < -0.4 is 10.6 Å². The second-order valence-electron chi connectivity index (χ2n) is 8.56. The van der Waals surface area contributed by atoms with Crippen molar-refractivity contribution in [2.45, 2.75) is 38.4 Å². The lowest BCUT2D eigenvalue weighted by Crippen LogP contribution is -2.54. The summed E-state index contributed by atoms with van der Waals surface area (Å²) in [6, 6.07) is 16.1. The van der Waals surface area contributed by atoms with E-state index >= 15 is 0 Å². The summed E-state index contributed by atoms with van der Waals surface area (Å²) < 4.78 is 6.67. The van der Waals surface area contributed by atoms with Crippen molar-refractivity contribution < 1.29 is 24.2 Å². The fourth-order valence-corrected chi connectivity index (χ4v) is 3.97. The van der Waals surface area contributed by atoms with Crippen LogP contribution >= 0.6 is 0 Å². The van der Waals surface area contributed by atoms with Crippen molar-refractivity contribution in [3.63, 3.8) is 0 Å². The maximum absolute atomic E-state index is 12.6. The Morgan fingerprint density at radius 1 is 1.06 bits per heavy atom. The summed E-state index contributed by atoms with van der Waals surface area (Å²) in [5.74, 6) is -1.58. The van der Waals surface area contributed by atoms with E-state index in [0.29, 0.717) is 5.69 Å². The molecular weight excluding hydrogens is 438 g/mol. The number of rotatable bonds is 8. The molecule has 0 saturated heterocycles. The number of ether oxygens (including phenoxy) is 1. The molecule has 0 bridgehead atoms. The Balaban J connectivity index is 1.32. The smallest absolute Gasteiger partial charge is 0.408 e. The van der Waals surface area contributed by atoms with Crippen LogP contribution in [-0.2, 0) is 27.4 Å². The van der Waals surface area contributed by atoms with Gasteiger partial charge in [0, 0.05) is 5.92 Å². The van der Waals surface area contributed by atoms with Gasteiger partial charge in [0.05, 0.1) is 12.7 Å². The first-order chi connectivity index (χ1) is 16.2. The zero-order valence-electron chi connectivity index (χ0n) is 18.8.